The number of aromatic nitrogens is 2. The minimum Gasteiger partial charge on any atom is -0.266 e. The lowest BCUT2D eigenvalue weighted by atomic mass is 10.5. The van der Waals surface area contributed by atoms with Crippen LogP contribution in [0.25, 0.3) is 0 Å². The summed E-state index contributed by atoms with van der Waals surface area (Å²) in [6.07, 6.45) is 2.41. The lowest BCUT2D eigenvalue weighted by molar-refractivity contribution is 0.568. The first-order chi connectivity index (χ1) is 5.25. The second-order valence-corrected chi connectivity index (χ2v) is 2.61. The molecule has 0 fully saturated rings. The fourth-order valence-corrected chi connectivity index (χ4v) is 0.951. The second-order valence-electron chi connectivity index (χ2n) is 2.21. The number of rotatable bonds is 2. The summed E-state index contributed by atoms with van der Waals surface area (Å²) in [5.74, 6) is 0. The van der Waals surface area contributed by atoms with Crippen LogP contribution in [0.5, 0.6) is 0 Å². The van der Waals surface area contributed by atoms with Crippen molar-refractivity contribution in [1.82, 2.24) is 9.78 Å². The van der Waals surface area contributed by atoms with Gasteiger partial charge in [-0.15, -0.1) is 0 Å². The van der Waals surface area contributed by atoms with Crippen LogP contribution in [0.3, 0.4) is 0 Å². The van der Waals surface area contributed by atoms with Gasteiger partial charge >= 0.3 is 0 Å². The molecule has 0 atom stereocenters. The zero-order chi connectivity index (χ0) is 8.27. The van der Waals surface area contributed by atoms with E-state index < -0.39 is 0 Å². The van der Waals surface area contributed by atoms with E-state index >= 15 is 0 Å². The maximum absolute atomic E-state index is 11.1. The van der Waals surface area contributed by atoms with Crippen molar-refractivity contribution in [2.45, 2.75) is 19.9 Å². The third kappa shape index (κ3) is 1.80. The highest BCUT2D eigenvalue weighted by molar-refractivity contribution is 6.30. The van der Waals surface area contributed by atoms with Crippen molar-refractivity contribution in [1.29, 1.82) is 0 Å². The molecule has 0 aliphatic carbocycles. The first-order valence-corrected chi connectivity index (χ1v) is 3.85. The molecular weight excluding hydrogens is 164 g/mol. The Morgan fingerprint density at radius 3 is 3.09 bits per heavy atom. The molecule has 0 N–H and O–H groups in total. The van der Waals surface area contributed by atoms with Gasteiger partial charge in [-0.2, -0.15) is 5.10 Å². The van der Waals surface area contributed by atoms with E-state index in [4.69, 9.17) is 11.6 Å². The fraction of sp³-hybridized carbons (Fsp3) is 0.429. The van der Waals surface area contributed by atoms with Crippen LogP contribution >= 0.6 is 11.6 Å². The van der Waals surface area contributed by atoms with E-state index in [1.807, 2.05) is 6.92 Å². The molecule has 1 heterocycles. The molecule has 0 saturated heterocycles. The molecule has 0 spiro atoms. The predicted octanol–water partition coefficient (Wildman–Crippen LogP) is 1.31. The van der Waals surface area contributed by atoms with Gasteiger partial charge in [0.1, 0.15) is 5.02 Å². The molecule has 4 heteroatoms. The van der Waals surface area contributed by atoms with Crippen LogP contribution in [-0.4, -0.2) is 9.78 Å². The Balaban J connectivity index is 3.07. The van der Waals surface area contributed by atoms with E-state index in [1.165, 1.54) is 16.9 Å². The molecule has 1 aromatic rings. The highest BCUT2D eigenvalue weighted by Crippen LogP contribution is 1.96. The molecule has 0 saturated carbocycles. The van der Waals surface area contributed by atoms with Crippen LogP contribution in [0.2, 0.25) is 5.02 Å². The van der Waals surface area contributed by atoms with Gasteiger partial charge in [-0.3, -0.25) is 4.79 Å². The summed E-state index contributed by atoms with van der Waals surface area (Å²) in [4.78, 5) is 11.1. The number of nitrogens with zero attached hydrogens (tertiary/aromatic N) is 2. The Bertz CT molecular complexity index is 295. The van der Waals surface area contributed by atoms with Gasteiger partial charge in [-0.1, -0.05) is 18.5 Å². The Morgan fingerprint density at radius 2 is 2.45 bits per heavy atom. The Morgan fingerprint density at radius 1 is 1.73 bits per heavy atom. The molecule has 3 nitrogen and oxygen atoms in total. The van der Waals surface area contributed by atoms with Crippen LogP contribution in [0.1, 0.15) is 13.3 Å². The van der Waals surface area contributed by atoms with E-state index in [0.29, 0.717) is 6.54 Å². The molecular formula is C7H9ClN2O. The molecule has 0 aliphatic rings. The van der Waals surface area contributed by atoms with Crippen LogP contribution in [0.15, 0.2) is 17.1 Å². The van der Waals surface area contributed by atoms with E-state index in [0.717, 1.165) is 6.42 Å². The van der Waals surface area contributed by atoms with Crippen LogP contribution in [0.4, 0.5) is 0 Å². The van der Waals surface area contributed by atoms with Gasteiger partial charge in [0.2, 0.25) is 0 Å². The Hall–Kier alpha value is -0.830. The molecule has 1 rings (SSSR count). The van der Waals surface area contributed by atoms with E-state index in [2.05, 4.69) is 5.10 Å². The number of hydrogen-bond acceptors (Lipinski definition) is 2. The predicted molar refractivity (Wildman–Crippen MR) is 43.8 cm³/mol. The summed E-state index contributed by atoms with van der Waals surface area (Å²) >= 11 is 5.58. The van der Waals surface area contributed by atoms with Gasteiger partial charge in [-0.25, -0.2) is 4.68 Å². The summed E-state index contributed by atoms with van der Waals surface area (Å²) in [7, 11) is 0. The number of hydrogen-bond donors (Lipinski definition) is 0. The first kappa shape index (κ1) is 8.27. The molecule has 0 aromatic carbocycles. The van der Waals surface area contributed by atoms with Gasteiger partial charge in [0.15, 0.2) is 0 Å². The summed E-state index contributed by atoms with van der Waals surface area (Å²) in [6, 6.07) is 1.50. The van der Waals surface area contributed by atoms with Gasteiger partial charge < -0.3 is 0 Å². The van der Waals surface area contributed by atoms with E-state index in [1.54, 1.807) is 0 Å². The molecule has 1 aromatic heterocycles. The molecule has 60 valence electrons. The lowest BCUT2D eigenvalue weighted by Gasteiger charge is -1.99. The van der Waals surface area contributed by atoms with Crippen LogP contribution < -0.4 is 5.56 Å². The highest BCUT2D eigenvalue weighted by Gasteiger charge is 1.98. The lowest BCUT2D eigenvalue weighted by Crippen LogP contribution is -2.22. The van der Waals surface area contributed by atoms with Crippen molar-refractivity contribution in [2.24, 2.45) is 0 Å². The van der Waals surface area contributed by atoms with Crippen molar-refractivity contribution < 1.29 is 0 Å². The third-order valence-corrected chi connectivity index (χ3v) is 1.59. The molecule has 0 radical (unpaired) electrons. The van der Waals surface area contributed by atoms with Gasteiger partial charge in [0.05, 0.1) is 0 Å². The maximum atomic E-state index is 11.1. The summed E-state index contributed by atoms with van der Waals surface area (Å²) in [6.45, 7) is 2.61. The summed E-state index contributed by atoms with van der Waals surface area (Å²) < 4.78 is 1.36. The third-order valence-electron chi connectivity index (χ3n) is 1.30. The minimum atomic E-state index is -0.212. The summed E-state index contributed by atoms with van der Waals surface area (Å²) in [5, 5.41) is 4.08. The van der Waals surface area contributed by atoms with Crippen molar-refractivity contribution in [3.8, 4) is 0 Å². The zero-order valence-electron chi connectivity index (χ0n) is 6.25. The number of halogens is 1. The fourth-order valence-electron chi connectivity index (χ4n) is 0.797. The molecule has 11 heavy (non-hydrogen) atoms. The molecule has 0 aliphatic heterocycles. The zero-order valence-corrected chi connectivity index (χ0v) is 7.01. The summed E-state index contributed by atoms with van der Waals surface area (Å²) in [5.41, 5.74) is -0.212. The standard InChI is InChI=1S/C7H9ClN2O/c1-2-5-10-7(11)6(8)3-4-9-10/h3-4H,2,5H2,1H3. The van der Waals surface area contributed by atoms with E-state index in [9.17, 15) is 4.79 Å². The van der Waals surface area contributed by atoms with Crippen molar-refractivity contribution in [2.75, 3.05) is 0 Å². The molecule has 0 bridgehead atoms. The quantitative estimate of drug-likeness (QED) is 0.674. The maximum Gasteiger partial charge on any atom is 0.285 e. The SMILES string of the molecule is CCCn1nccc(Cl)c1=O. The Labute approximate surface area is 69.6 Å². The molecule has 0 unspecified atom stereocenters. The van der Waals surface area contributed by atoms with Crippen molar-refractivity contribution >= 4 is 11.6 Å². The van der Waals surface area contributed by atoms with Crippen molar-refractivity contribution in [3.05, 3.63) is 27.6 Å². The second kappa shape index (κ2) is 3.53. The van der Waals surface area contributed by atoms with Crippen LogP contribution in [0, 0.1) is 0 Å². The number of aryl methyl sites for hydroxylation is 1. The Kier molecular flexibility index (Phi) is 2.65. The largest absolute Gasteiger partial charge is 0.285 e. The minimum absolute atomic E-state index is 0.212. The average molecular weight is 173 g/mol. The van der Waals surface area contributed by atoms with Crippen molar-refractivity contribution in [3.63, 3.8) is 0 Å². The van der Waals surface area contributed by atoms with Gasteiger partial charge in [0, 0.05) is 12.7 Å². The van der Waals surface area contributed by atoms with E-state index in [-0.39, 0.29) is 10.6 Å². The first-order valence-electron chi connectivity index (χ1n) is 3.47. The topological polar surface area (TPSA) is 34.9 Å². The average Bonchev–Trinajstić information content (AvgIpc) is 1.99. The molecule has 0 amide bonds. The van der Waals surface area contributed by atoms with Crippen LogP contribution in [-0.2, 0) is 6.54 Å². The highest BCUT2D eigenvalue weighted by atomic mass is 35.5. The monoisotopic (exact) mass is 172 g/mol. The van der Waals surface area contributed by atoms with Gasteiger partial charge in [0.25, 0.3) is 5.56 Å². The normalized spacial score (nSPS) is 10.0. The van der Waals surface area contributed by atoms with Gasteiger partial charge in [-0.05, 0) is 12.5 Å². The smallest absolute Gasteiger partial charge is 0.266 e.